The summed E-state index contributed by atoms with van der Waals surface area (Å²) in [5.74, 6) is -0.811. The van der Waals surface area contributed by atoms with Crippen LogP contribution in [0.2, 0.25) is 0 Å². The molecule has 26 heavy (non-hydrogen) atoms. The number of nitrogen functional groups attached to an aromatic ring is 1. The zero-order valence-corrected chi connectivity index (χ0v) is 14.8. The number of methoxy groups -OCH3 is 2. The zero-order chi connectivity index (χ0) is 19.3. The normalized spacial score (nSPS) is 10.1. The molecule has 2 aromatic carbocycles. The molecule has 0 aliphatic heterocycles. The van der Waals surface area contributed by atoms with E-state index in [1.54, 1.807) is 30.3 Å². The number of anilines is 2. The molecule has 0 heterocycles. The van der Waals surface area contributed by atoms with Gasteiger partial charge in [0.25, 0.3) is 0 Å². The van der Waals surface area contributed by atoms with E-state index < -0.39 is 5.91 Å². The van der Waals surface area contributed by atoms with E-state index in [0.717, 1.165) is 0 Å². The molecule has 2 rings (SSSR count). The van der Waals surface area contributed by atoms with Crippen LogP contribution in [0, 0.1) is 0 Å². The standard InChI is InChI=1S/C19H20N2O5/c1-11(22)9-15(23)21-13-10-14(25-2)16(17(20)19(13)26-3)18(24)12-7-5-4-6-8-12/h4-8,10H,9,20H2,1-3H3,(H,21,23). The summed E-state index contributed by atoms with van der Waals surface area (Å²) in [6, 6.07) is 10.1. The summed E-state index contributed by atoms with van der Waals surface area (Å²) < 4.78 is 10.6. The van der Waals surface area contributed by atoms with Crippen molar-refractivity contribution in [3.05, 3.63) is 47.5 Å². The molecule has 1 amide bonds. The summed E-state index contributed by atoms with van der Waals surface area (Å²) in [5, 5.41) is 2.56. The van der Waals surface area contributed by atoms with E-state index >= 15 is 0 Å². The molecular weight excluding hydrogens is 336 g/mol. The number of amides is 1. The number of Topliss-reactive ketones (excluding diaryl/α,β-unsaturated/α-hetero) is 1. The second-order valence-electron chi connectivity index (χ2n) is 5.57. The number of ketones is 2. The summed E-state index contributed by atoms with van der Waals surface area (Å²) in [4.78, 5) is 35.9. The summed E-state index contributed by atoms with van der Waals surface area (Å²) in [6.07, 6.45) is -0.282. The van der Waals surface area contributed by atoms with Crippen LogP contribution in [-0.4, -0.2) is 31.7 Å². The lowest BCUT2D eigenvalue weighted by Gasteiger charge is -2.18. The first kappa shape index (κ1) is 19.0. The van der Waals surface area contributed by atoms with Gasteiger partial charge >= 0.3 is 0 Å². The first-order valence-corrected chi connectivity index (χ1v) is 7.82. The summed E-state index contributed by atoms with van der Waals surface area (Å²) in [6.45, 7) is 1.31. The molecule has 0 aliphatic rings. The predicted molar refractivity (Wildman–Crippen MR) is 97.8 cm³/mol. The van der Waals surface area contributed by atoms with Crippen molar-refractivity contribution in [2.75, 3.05) is 25.3 Å². The van der Waals surface area contributed by atoms with Crippen LogP contribution in [0.15, 0.2) is 36.4 Å². The molecule has 0 aliphatic carbocycles. The van der Waals surface area contributed by atoms with Crippen LogP contribution < -0.4 is 20.5 Å². The molecule has 0 fully saturated rings. The molecule has 0 radical (unpaired) electrons. The Morgan fingerprint density at radius 2 is 1.73 bits per heavy atom. The second-order valence-corrected chi connectivity index (χ2v) is 5.57. The highest BCUT2D eigenvalue weighted by Gasteiger charge is 2.24. The minimum absolute atomic E-state index is 0.0406. The zero-order valence-electron chi connectivity index (χ0n) is 14.8. The van der Waals surface area contributed by atoms with Crippen molar-refractivity contribution in [3.8, 4) is 11.5 Å². The van der Waals surface area contributed by atoms with Gasteiger partial charge in [0.2, 0.25) is 5.91 Å². The quantitative estimate of drug-likeness (QED) is 0.448. The Labute approximate surface area is 151 Å². The topological polar surface area (TPSA) is 108 Å². The van der Waals surface area contributed by atoms with E-state index in [-0.39, 0.29) is 46.4 Å². The average molecular weight is 356 g/mol. The molecule has 136 valence electrons. The average Bonchev–Trinajstić information content (AvgIpc) is 2.61. The van der Waals surface area contributed by atoms with Crippen molar-refractivity contribution in [2.24, 2.45) is 0 Å². The van der Waals surface area contributed by atoms with E-state index in [4.69, 9.17) is 15.2 Å². The van der Waals surface area contributed by atoms with Gasteiger partial charge in [-0.05, 0) is 6.92 Å². The molecular formula is C19H20N2O5. The Morgan fingerprint density at radius 1 is 1.08 bits per heavy atom. The maximum absolute atomic E-state index is 12.8. The summed E-state index contributed by atoms with van der Waals surface area (Å²) in [5.41, 5.74) is 6.98. The Hall–Kier alpha value is -3.35. The van der Waals surface area contributed by atoms with Crippen LogP contribution in [0.3, 0.4) is 0 Å². The van der Waals surface area contributed by atoms with Crippen molar-refractivity contribution in [1.29, 1.82) is 0 Å². The van der Waals surface area contributed by atoms with Crippen molar-refractivity contribution >= 4 is 28.8 Å². The maximum Gasteiger partial charge on any atom is 0.231 e. The van der Waals surface area contributed by atoms with Gasteiger partial charge in [0, 0.05) is 11.6 Å². The molecule has 0 bridgehead atoms. The third-order valence-corrected chi connectivity index (χ3v) is 3.65. The Balaban J connectivity index is 2.53. The van der Waals surface area contributed by atoms with Crippen LogP contribution in [0.4, 0.5) is 11.4 Å². The molecule has 0 atom stereocenters. The van der Waals surface area contributed by atoms with Gasteiger partial charge in [0.05, 0.1) is 37.6 Å². The van der Waals surface area contributed by atoms with Crippen LogP contribution in [0.25, 0.3) is 0 Å². The highest BCUT2D eigenvalue weighted by atomic mass is 16.5. The fourth-order valence-electron chi connectivity index (χ4n) is 2.52. The molecule has 0 unspecified atom stereocenters. The molecule has 0 saturated carbocycles. The minimum Gasteiger partial charge on any atom is -0.496 e. The fraction of sp³-hybridized carbons (Fsp3) is 0.211. The maximum atomic E-state index is 12.8. The van der Waals surface area contributed by atoms with Crippen molar-refractivity contribution in [3.63, 3.8) is 0 Å². The number of hydrogen-bond acceptors (Lipinski definition) is 6. The van der Waals surface area contributed by atoms with Crippen LogP contribution in [0.5, 0.6) is 11.5 Å². The van der Waals surface area contributed by atoms with Gasteiger partial charge in [-0.2, -0.15) is 0 Å². The molecule has 2 aromatic rings. The van der Waals surface area contributed by atoms with Crippen LogP contribution in [-0.2, 0) is 9.59 Å². The Bertz CT molecular complexity index is 847. The number of carbonyl (C=O) groups excluding carboxylic acids is 3. The molecule has 0 aromatic heterocycles. The molecule has 7 heteroatoms. The first-order valence-electron chi connectivity index (χ1n) is 7.82. The number of hydrogen-bond donors (Lipinski definition) is 2. The fourth-order valence-corrected chi connectivity index (χ4v) is 2.52. The van der Waals surface area contributed by atoms with E-state index in [1.165, 1.54) is 27.2 Å². The lowest BCUT2D eigenvalue weighted by Crippen LogP contribution is -2.17. The van der Waals surface area contributed by atoms with E-state index in [9.17, 15) is 14.4 Å². The van der Waals surface area contributed by atoms with Gasteiger partial charge in [-0.1, -0.05) is 30.3 Å². The van der Waals surface area contributed by atoms with Crippen LogP contribution >= 0.6 is 0 Å². The van der Waals surface area contributed by atoms with Crippen LogP contribution in [0.1, 0.15) is 29.3 Å². The van der Waals surface area contributed by atoms with Gasteiger partial charge in [0.1, 0.15) is 11.5 Å². The number of nitrogens with two attached hydrogens (primary N) is 1. The Morgan fingerprint density at radius 3 is 2.27 bits per heavy atom. The number of benzene rings is 2. The Kier molecular flexibility index (Phi) is 5.95. The number of carbonyl (C=O) groups is 3. The highest BCUT2D eigenvalue weighted by Crippen LogP contribution is 2.41. The summed E-state index contributed by atoms with van der Waals surface area (Å²) in [7, 11) is 2.76. The first-order chi connectivity index (χ1) is 12.4. The third kappa shape index (κ3) is 4.00. The monoisotopic (exact) mass is 356 g/mol. The minimum atomic E-state index is -0.514. The SMILES string of the molecule is COc1cc(NC(=O)CC(C)=O)c(OC)c(N)c1C(=O)c1ccccc1. The largest absolute Gasteiger partial charge is 0.496 e. The van der Waals surface area contributed by atoms with Gasteiger partial charge in [0.15, 0.2) is 11.5 Å². The van der Waals surface area contributed by atoms with Gasteiger partial charge in [-0.25, -0.2) is 0 Å². The molecule has 7 nitrogen and oxygen atoms in total. The highest BCUT2D eigenvalue weighted by molar-refractivity contribution is 6.16. The van der Waals surface area contributed by atoms with Crippen molar-refractivity contribution in [2.45, 2.75) is 13.3 Å². The molecule has 0 spiro atoms. The van der Waals surface area contributed by atoms with Gasteiger partial charge < -0.3 is 20.5 Å². The smallest absolute Gasteiger partial charge is 0.231 e. The lowest BCUT2D eigenvalue weighted by molar-refractivity contribution is -0.124. The van der Waals surface area contributed by atoms with Gasteiger partial charge in [-0.15, -0.1) is 0 Å². The van der Waals surface area contributed by atoms with Gasteiger partial charge in [-0.3, -0.25) is 14.4 Å². The van der Waals surface area contributed by atoms with E-state index in [1.807, 2.05) is 0 Å². The van der Waals surface area contributed by atoms with E-state index in [2.05, 4.69) is 5.32 Å². The number of rotatable bonds is 7. The number of nitrogens with one attached hydrogen (secondary N) is 1. The molecule has 0 saturated heterocycles. The number of ether oxygens (including phenoxy) is 2. The third-order valence-electron chi connectivity index (χ3n) is 3.65. The molecule has 3 N–H and O–H groups in total. The lowest BCUT2D eigenvalue weighted by atomic mass is 9.99. The van der Waals surface area contributed by atoms with Crippen molar-refractivity contribution < 1.29 is 23.9 Å². The van der Waals surface area contributed by atoms with E-state index in [0.29, 0.717) is 5.56 Å². The van der Waals surface area contributed by atoms with Crippen molar-refractivity contribution in [1.82, 2.24) is 0 Å². The predicted octanol–water partition coefficient (Wildman–Crippen LogP) is 2.43. The summed E-state index contributed by atoms with van der Waals surface area (Å²) >= 11 is 0. The second kappa shape index (κ2) is 8.15.